The van der Waals surface area contributed by atoms with Crippen LogP contribution in [-0.2, 0) is 4.79 Å². The summed E-state index contributed by atoms with van der Waals surface area (Å²) in [7, 11) is 3.07. The van der Waals surface area contributed by atoms with Gasteiger partial charge in [-0.3, -0.25) is 4.79 Å². The van der Waals surface area contributed by atoms with Crippen LogP contribution in [-0.4, -0.2) is 25.2 Å². The fraction of sp³-hybridized carbons (Fsp3) is 0.364. The van der Waals surface area contributed by atoms with Crippen molar-refractivity contribution in [2.45, 2.75) is 12.5 Å². The molecule has 1 rings (SSSR count). The maximum absolute atomic E-state index is 13.6. The minimum absolute atomic E-state index is 0.0150. The molecule has 4 nitrogen and oxygen atoms in total. The van der Waals surface area contributed by atoms with E-state index in [1.165, 1.54) is 25.1 Å². The molecule has 0 aromatic heterocycles. The Balaban J connectivity index is 3.23. The van der Waals surface area contributed by atoms with Crippen LogP contribution in [0.3, 0.4) is 0 Å². The molecular formula is C11H14F2N2O2. The van der Waals surface area contributed by atoms with E-state index in [9.17, 15) is 13.6 Å². The van der Waals surface area contributed by atoms with Crippen LogP contribution in [0.4, 0.5) is 14.5 Å². The summed E-state index contributed by atoms with van der Waals surface area (Å²) in [6.07, 6.45) is -0.341. The number of carboxylic acid groups (broad SMARTS) is 1. The largest absolute Gasteiger partial charge is 0.481 e. The number of rotatable bonds is 4. The predicted octanol–water partition coefficient (Wildman–Crippen LogP) is 1.51. The Bertz CT molecular complexity index is 436. The first-order chi connectivity index (χ1) is 7.84. The Morgan fingerprint density at radius 3 is 2.53 bits per heavy atom. The van der Waals surface area contributed by atoms with Crippen molar-refractivity contribution in [2.24, 2.45) is 5.73 Å². The Morgan fingerprint density at radius 1 is 1.47 bits per heavy atom. The number of aliphatic carboxylic acids is 1. The summed E-state index contributed by atoms with van der Waals surface area (Å²) in [4.78, 5) is 11.9. The van der Waals surface area contributed by atoms with Crippen molar-refractivity contribution in [2.75, 3.05) is 19.0 Å². The van der Waals surface area contributed by atoms with Gasteiger partial charge in [0.15, 0.2) is 11.6 Å². The molecule has 1 unspecified atom stereocenters. The fourth-order valence-corrected chi connectivity index (χ4v) is 1.61. The van der Waals surface area contributed by atoms with Crippen LogP contribution in [0.25, 0.3) is 0 Å². The van der Waals surface area contributed by atoms with Gasteiger partial charge in [-0.1, -0.05) is 6.07 Å². The van der Waals surface area contributed by atoms with Gasteiger partial charge in [0.1, 0.15) is 0 Å². The maximum Gasteiger partial charge on any atom is 0.305 e. The molecule has 0 aliphatic carbocycles. The molecule has 0 aliphatic rings. The molecule has 1 aromatic rings. The Kier molecular flexibility index (Phi) is 4.01. The van der Waals surface area contributed by atoms with Crippen LogP contribution in [0.15, 0.2) is 12.1 Å². The number of hydrogen-bond acceptors (Lipinski definition) is 3. The highest BCUT2D eigenvalue weighted by atomic mass is 19.2. The number of carbonyl (C=O) groups is 1. The van der Waals surface area contributed by atoms with Gasteiger partial charge in [-0.25, -0.2) is 8.78 Å². The number of anilines is 1. The summed E-state index contributed by atoms with van der Waals surface area (Å²) in [5, 5.41) is 8.64. The zero-order valence-electron chi connectivity index (χ0n) is 9.58. The third-order valence-electron chi connectivity index (χ3n) is 2.34. The summed E-state index contributed by atoms with van der Waals surface area (Å²) in [6, 6.07) is 1.38. The van der Waals surface area contributed by atoms with E-state index in [2.05, 4.69) is 0 Å². The summed E-state index contributed by atoms with van der Waals surface area (Å²) in [5.41, 5.74) is 5.92. The van der Waals surface area contributed by atoms with Crippen LogP contribution in [0.5, 0.6) is 0 Å². The molecule has 0 radical (unpaired) electrons. The summed E-state index contributed by atoms with van der Waals surface area (Å²) >= 11 is 0. The summed E-state index contributed by atoms with van der Waals surface area (Å²) in [5.74, 6) is -3.10. The lowest BCUT2D eigenvalue weighted by atomic mass is 10.0. The molecule has 1 atom stereocenters. The third-order valence-corrected chi connectivity index (χ3v) is 2.34. The smallest absolute Gasteiger partial charge is 0.305 e. The second-order valence-electron chi connectivity index (χ2n) is 3.90. The molecule has 3 N–H and O–H groups in total. The fourth-order valence-electron chi connectivity index (χ4n) is 1.61. The van der Waals surface area contributed by atoms with E-state index >= 15 is 0 Å². The van der Waals surface area contributed by atoms with Crippen LogP contribution in [0, 0.1) is 11.6 Å². The van der Waals surface area contributed by atoms with Crippen molar-refractivity contribution in [1.82, 2.24) is 0 Å². The molecule has 0 aliphatic heterocycles. The molecule has 6 heteroatoms. The number of carboxylic acids is 1. The highest BCUT2D eigenvalue weighted by Gasteiger charge is 2.21. The van der Waals surface area contributed by atoms with Gasteiger partial charge in [0.05, 0.1) is 12.1 Å². The first-order valence-corrected chi connectivity index (χ1v) is 4.97. The minimum atomic E-state index is -1.09. The number of nitrogens with two attached hydrogens (primary N) is 1. The number of nitrogens with zero attached hydrogens (tertiary/aromatic N) is 1. The predicted molar refractivity (Wildman–Crippen MR) is 59.9 cm³/mol. The Labute approximate surface area is 97.6 Å². The van der Waals surface area contributed by atoms with E-state index in [0.29, 0.717) is 0 Å². The molecule has 0 fully saturated rings. The van der Waals surface area contributed by atoms with Gasteiger partial charge in [-0.2, -0.15) is 0 Å². The minimum Gasteiger partial charge on any atom is -0.481 e. The monoisotopic (exact) mass is 244 g/mol. The van der Waals surface area contributed by atoms with Gasteiger partial charge in [0.2, 0.25) is 0 Å². The van der Waals surface area contributed by atoms with E-state index in [-0.39, 0.29) is 17.7 Å². The first kappa shape index (κ1) is 13.4. The van der Waals surface area contributed by atoms with E-state index in [1.54, 1.807) is 0 Å². The average Bonchev–Trinajstić information content (AvgIpc) is 2.19. The lowest BCUT2D eigenvalue weighted by Gasteiger charge is -2.21. The molecule has 0 amide bonds. The molecular weight excluding hydrogens is 230 g/mol. The van der Waals surface area contributed by atoms with E-state index in [1.807, 2.05) is 0 Å². The van der Waals surface area contributed by atoms with Crippen molar-refractivity contribution < 1.29 is 18.7 Å². The van der Waals surface area contributed by atoms with Gasteiger partial charge >= 0.3 is 5.97 Å². The third kappa shape index (κ3) is 2.91. The molecule has 1 aromatic carbocycles. The molecule has 0 saturated heterocycles. The highest BCUT2D eigenvalue weighted by molar-refractivity contribution is 5.69. The second-order valence-corrected chi connectivity index (χ2v) is 3.90. The molecule has 0 spiro atoms. The molecule has 0 bridgehead atoms. The van der Waals surface area contributed by atoms with Crippen LogP contribution in [0.1, 0.15) is 18.0 Å². The number of halogens is 2. The molecule has 17 heavy (non-hydrogen) atoms. The van der Waals surface area contributed by atoms with Gasteiger partial charge in [-0.05, 0) is 11.6 Å². The number of hydrogen-bond donors (Lipinski definition) is 2. The maximum atomic E-state index is 13.6. The van der Waals surface area contributed by atoms with Gasteiger partial charge in [0, 0.05) is 20.1 Å². The van der Waals surface area contributed by atoms with Gasteiger partial charge in [-0.15, -0.1) is 0 Å². The SMILES string of the molecule is CN(C)c1c(C(N)CC(=O)O)ccc(F)c1F. The number of benzene rings is 1. The molecule has 94 valence electrons. The molecule has 0 heterocycles. The topological polar surface area (TPSA) is 66.6 Å². The zero-order valence-corrected chi connectivity index (χ0v) is 9.58. The summed E-state index contributed by atoms with van der Waals surface area (Å²) in [6.45, 7) is 0. The van der Waals surface area contributed by atoms with Crippen molar-refractivity contribution in [3.05, 3.63) is 29.3 Å². The lowest BCUT2D eigenvalue weighted by Crippen LogP contribution is -2.21. The molecule has 0 saturated carbocycles. The highest BCUT2D eigenvalue weighted by Crippen LogP contribution is 2.30. The Morgan fingerprint density at radius 2 is 2.06 bits per heavy atom. The van der Waals surface area contributed by atoms with Crippen LogP contribution >= 0.6 is 0 Å². The zero-order chi connectivity index (χ0) is 13.2. The van der Waals surface area contributed by atoms with Gasteiger partial charge in [0.25, 0.3) is 0 Å². The standard InChI is InChI=1S/C11H14F2N2O2/c1-15(2)11-6(8(14)5-9(16)17)3-4-7(12)10(11)13/h3-4,8H,5,14H2,1-2H3,(H,16,17). The van der Waals surface area contributed by atoms with E-state index < -0.39 is 23.6 Å². The second kappa shape index (κ2) is 5.09. The normalized spacial score (nSPS) is 12.3. The van der Waals surface area contributed by atoms with Crippen molar-refractivity contribution in [1.29, 1.82) is 0 Å². The quantitative estimate of drug-likeness (QED) is 0.842. The van der Waals surface area contributed by atoms with E-state index in [4.69, 9.17) is 10.8 Å². The average molecular weight is 244 g/mol. The Hall–Kier alpha value is -1.69. The summed E-state index contributed by atoms with van der Waals surface area (Å²) < 4.78 is 26.7. The van der Waals surface area contributed by atoms with Crippen molar-refractivity contribution >= 4 is 11.7 Å². The lowest BCUT2D eigenvalue weighted by molar-refractivity contribution is -0.137. The first-order valence-electron chi connectivity index (χ1n) is 4.97. The van der Waals surface area contributed by atoms with Gasteiger partial charge < -0.3 is 15.7 Å². The van der Waals surface area contributed by atoms with Crippen LogP contribution in [0.2, 0.25) is 0 Å². The van der Waals surface area contributed by atoms with Crippen LogP contribution < -0.4 is 10.6 Å². The van der Waals surface area contributed by atoms with Crippen molar-refractivity contribution in [3.63, 3.8) is 0 Å². The van der Waals surface area contributed by atoms with E-state index in [0.717, 1.165) is 6.07 Å². The van der Waals surface area contributed by atoms with Crippen molar-refractivity contribution in [3.8, 4) is 0 Å².